The minimum Gasteiger partial charge on any atom is -0.493 e. The maximum atomic E-state index is 5.96. The van der Waals surface area contributed by atoms with E-state index < -0.39 is 0 Å². The molecule has 0 aromatic heterocycles. The molecule has 1 aromatic carbocycles. The zero-order valence-corrected chi connectivity index (χ0v) is 10.7. The highest BCUT2D eigenvalue weighted by atomic mass is 16.5. The Morgan fingerprint density at radius 3 is 2.65 bits per heavy atom. The molecule has 0 spiro atoms. The molecule has 0 saturated heterocycles. The number of para-hydroxylation sites is 1. The van der Waals surface area contributed by atoms with Gasteiger partial charge in [-0.1, -0.05) is 37.5 Å². The van der Waals surface area contributed by atoms with Crippen LogP contribution in [0.15, 0.2) is 24.3 Å². The summed E-state index contributed by atoms with van der Waals surface area (Å²) in [5.41, 5.74) is 7.06. The van der Waals surface area contributed by atoms with Crippen molar-refractivity contribution >= 4 is 0 Å². The van der Waals surface area contributed by atoms with Gasteiger partial charge in [0.1, 0.15) is 5.75 Å². The maximum absolute atomic E-state index is 5.96. The van der Waals surface area contributed by atoms with Crippen molar-refractivity contribution in [2.24, 2.45) is 11.7 Å². The van der Waals surface area contributed by atoms with Gasteiger partial charge in [-0.3, -0.25) is 0 Å². The van der Waals surface area contributed by atoms with Gasteiger partial charge < -0.3 is 10.5 Å². The van der Waals surface area contributed by atoms with Crippen molar-refractivity contribution in [2.45, 2.75) is 45.1 Å². The lowest BCUT2D eigenvalue weighted by Gasteiger charge is -2.22. The third-order valence-corrected chi connectivity index (χ3v) is 3.61. The standard InChI is InChI=1S/C15H23NO/c1-12(16)14-9-5-6-10-15(14)17-11-13-7-3-2-4-8-13/h5-6,9-10,12-13H,2-4,7-8,11,16H2,1H3/t12-/m1/s1. The highest BCUT2D eigenvalue weighted by Gasteiger charge is 2.15. The summed E-state index contributed by atoms with van der Waals surface area (Å²) in [4.78, 5) is 0. The zero-order valence-electron chi connectivity index (χ0n) is 10.7. The normalized spacial score (nSPS) is 18.9. The Bertz CT molecular complexity index is 343. The summed E-state index contributed by atoms with van der Waals surface area (Å²) >= 11 is 0. The van der Waals surface area contributed by atoms with Gasteiger partial charge in [0.25, 0.3) is 0 Å². The van der Waals surface area contributed by atoms with Crippen LogP contribution in [-0.2, 0) is 0 Å². The molecule has 0 heterocycles. The van der Waals surface area contributed by atoms with Crippen molar-refractivity contribution in [1.82, 2.24) is 0 Å². The molecule has 0 amide bonds. The first-order valence-corrected chi connectivity index (χ1v) is 6.74. The molecule has 1 aliphatic carbocycles. The summed E-state index contributed by atoms with van der Waals surface area (Å²) in [6.45, 7) is 2.85. The quantitative estimate of drug-likeness (QED) is 0.861. The lowest BCUT2D eigenvalue weighted by molar-refractivity contribution is 0.207. The van der Waals surface area contributed by atoms with Gasteiger partial charge in [-0.2, -0.15) is 0 Å². The van der Waals surface area contributed by atoms with Gasteiger partial charge in [0.15, 0.2) is 0 Å². The topological polar surface area (TPSA) is 35.2 Å². The fourth-order valence-corrected chi connectivity index (χ4v) is 2.55. The van der Waals surface area contributed by atoms with Gasteiger partial charge in [-0.25, -0.2) is 0 Å². The molecule has 1 aliphatic rings. The highest BCUT2D eigenvalue weighted by Crippen LogP contribution is 2.27. The Kier molecular flexibility index (Phi) is 4.43. The molecule has 0 radical (unpaired) electrons. The number of nitrogens with two attached hydrogens (primary N) is 1. The van der Waals surface area contributed by atoms with Crippen molar-refractivity contribution in [3.8, 4) is 5.75 Å². The Balaban J connectivity index is 1.93. The summed E-state index contributed by atoms with van der Waals surface area (Å²) in [6, 6.07) is 8.16. The van der Waals surface area contributed by atoms with Crippen LogP contribution in [-0.4, -0.2) is 6.61 Å². The summed E-state index contributed by atoms with van der Waals surface area (Å²) in [7, 11) is 0. The van der Waals surface area contributed by atoms with Crippen molar-refractivity contribution in [3.05, 3.63) is 29.8 Å². The molecule has 1 aromatic rings. The van der Waals surface area contributed by atoms with E-state index >= 15 is 0 Å². The lowest BCUT2D eigenvalue weighted by atomic mass is 9.90. The van der Waals surface area contributed by atoms with E-state index in [1.165, 1.54) is 32.1 Å². The van der Waals surface area contributed by atoms with E-state index in [1.54, 1.807) is 0 Å². The average molecular weight is 233 g/mol. The van der Waals surface area contributed by atoms with Crippen LogP contribution < -0.4 is 10.5 Å². The number of ether oxygens (including phenoxy) is 1. The SMILES string of the molecule is C[C@@H](N)c1ccccc1OCC1CCCCC1. The van der Waals surface area contributed by atoms with Crippen LogP contribution in [0.4, 0.5) is 0 Å². The van der Waals surface area contributed by atoms with Crippen LogP contribution in [0.3, 0.4) is 0 Å². The minimum absolute atomic E-state index is 0.0394. The van der Waals surface area contributed by atoms with Crippen LogP contribution in [0.25, 0.3) is 0 Å². The van der Waals surface area contributed by atoms with Crippen LogP contribution in [0.1, 0.15) is 50.6 Å². The van der Waals surface area contributed by atoms with Crippen LogP contribution >= 0.6 is 0 Å². The predicted octanol–water partition coefficient (Wildman–Crippen LogP) is 3.67. The van der Waals surface area contributed by atoms with E-state index in [1.807, 2.05) is 25.1 Å². The fourth-order valence-electron chi connectivity index (χ4n) is 2.55. The van der Waals surface area contributed by atoms with Crippen molar-refractivity contribution in [2.75, 3.05) is 6.61 Å². The highest BCUT2D eigenvalue weighted by molar-refractivity contribution is 5.35. The molecule has 2 nitrogen and oxygen atoms in total. The van der Waals surface area contributed by atoms with Gasteiger partial charge in [0, 0.05) is 11.6 Å². The summed E-state index contributed by atoms with van der Waals surface area (Å²) in [5, 5.41) is 0. The average Bonchev–Trinajstić information content (AvgIpc) is 2.38. The molecular formula is C15H23NO. The molecule has 0 aliphatic heterocycles. The van der Waals surface area contributed by atoms with E-state index in [4.69, 9.17) is 10.5 Å². The van der Waals surface area contributed by atoms with Gasteiger partial charge in [-0.15, -0.1) is 0 Å². The van der Waals surface area contributed by atoms with Crippen molar-refractivity contribution in [3.63, 3.8) is 0 Å². The second kappa shape index (κ2) is 6.06. The van der Waals surface area contributed by atoms with Crippen molar-refractivity contribution in [1.29, 1.82) is 0 Å². The Morgan fingerprint density at radius 2 is 1.94 bits per heavy atom. The van der Waals surface area contributed by atoms with Gasteiger partial charge in [0.2, 0.25) is 0 Å². The van der Waals surface area contributed by atoms with Gasteiger partial charge >= 0.3 is 0 Å². The smallest absolute Gasteiger partial charge is 0.124 e. The Morgan fingerprint density at radius 1 is 1.24 bits per heavy atom. The molecule has 2 rings (SSSR count). The number of hydrogen-bond acceptors (Lipinski definition) is 2. The van der Waals surface area contributed by atoms with Crippen LogP contribution in [0.5, 0.6) is 5.75 Å². The zero-order chi connectivity index (χ0) is 12.1. The van der Waals surface area contributed by atoms with Crippen LogP contribution in [0, 0.1) is 5.92 Å². The first-order valence-electron chi connectivity index (χ1n) is 6.74. The largest absolute Gasteiger partial charge is 0.493 e. The van der Waals surface area contributed by atoms with Crippen molar-refractivity contribution < 1.29 is 4.74 Å². The number of rotatable bonds is 4. The molecule has 2 heteroatoms. The molecule has 2 N–H and O–H groups in total. The summed E-state index contributed by atoms with van der Waals surface area (Å²) in [5.74, 6) is 1.71. The number of benzene rings is 1. The molecule has 0 unspecified atom stereocenters. The Labute approximate surface area is 104 Å². The predicted molar refractivity (Wildman–Crippen MR) is 71.1 cm³/mol. The second-order valence-corrected chi connectivity index (χ2v) is 5.14. The van der Waals surface area contributed by atoms with E-state index in [0.717, 1.165) is 23.8 Å². The molecule has 1 fully saturated rings. The number of hydrogen-bond donors (Lipinski definition) is 1. The summed E-state index contributed by atoms with van der Waals surface area (Å²) < 4.78 is 5.96. The molecule has 1 atom stereocenters. The molecule has 17 heavy (non-hydrogen) atoms. The van der Waals surface area contributed by atoms with Crippen LogP contribution in [0.2, 0.25) is 0 Å². The third kappa shape index (κ3) is 3.47. The first kappa shape index (κ1) is 12.4. The van der Waals surface area contributed by atoms with E-state index in [-0.39, 0.29) is 6.04 Å². The van der Waals surface area contributed by atoms with E-state index in [2.05, 4.69) is 6.07 Å². The lowest BCUT2D eigenvalue weighted by Crippen LogP contribution is -2.16. The maximum Gasteiger partial charge on any atom is 0.124 e. The summed E-state index contributed by atoms with van der Waals surface area (Å²) in [6.07, 6.45) is 6.76. The molecule has 1 saturated carbocycles. The molecule has 94 valence electrons. The fraction of sp³-hybridized carbons (Fsp3) is 0.600. The van der Waals surface area contributed by atoms with Gasteiger partial charge in [0.05, 0.1) is 6.61 Å². The monoisotopic (exact) mass is 233 g/mol. The first-order chi connectivity index (χ1) is 8.27. The second-order valence-electron chi connectivity index (χ2n) is 5.14. The minimum atomic E-state index is 0.0394. The Hall–Kier alpha value is -1.02. The van der Waals surface area contributed by atoms with Gasteiger partial charge in [-0.05, 0) is 31.7 Å². The van der Waals surface area contributed by atoms with E-state index in [0.29, 0.717) is 0 Å². The molecule has 0 bridgehead atoms. The van der Waals surface area contributed by atoms with E-state index in [9.17, 15) is 0 Å². The molecular weight excluding hydrogens is 210 g/mol. The third-order valence-electron chi connectivity index (χ3n) is 3.61.